The van der Waals surface area contributed by atoms with E-state index in [-0.39, 0.29) is 0 Å². The summed E-state index contributed by atoms with van der Waals surface area (Å²) in [6, 6.07) is 56.1. The summed E-state index contributed by atoms with van der Waals surface area (Å²) in [4.78, 5) is 0. The van der Waals surface area contributed by atoms with Crippen LogP contribution in [0.3, 0.4) is 0 Å². The van der Waals surface area contributed by atoms with Crippen molar-refractivity contribution in [1.82, 2.24) is 13.7 Å². The van der Waals surface area contributed by atoms with Gasteiger partial charge in [0, 0.05) is 101 Å². The zero-order valence-electron chi connectivity index (χ0n) is 59.0. The van der Waals surface area contributed by atoms with Crippen molar-refractivity contribution in [3.05, 3.63) is 232 Å². The molecule has 0 atom stereocenters. The van der Waals surface area contributed by atoms with Gasteiger partial charge in [-0.05, 0) is 166 Å². The van der Waals surface area contributed by atoms with Gasteiger partial charge in [0.25, 0.3) is 0 Å². The summed E-state index contributed by atoms with van der Waals surface area (Å²) in [7, 11) is 12.5. The van der Waals surface area contributed by atoms with Crippen molar-refractivity contribution in [2.75, 3.05) is 0 Å². The molecule has 0 saturated heterocycles. The third-order valence-corrected chi connectivity index (χ3v) is 17.6. The van der Waals surface area contributed by atoms with Crippen LogP contribution in [0.25, 0.3) is 132 Å². The summed E-state index contributed by atoms with van der Waals surface area (Å²) >= 11 is 0. The SMILES string of the molecule is Cc1ccc(-c2cc3c(c[n+]2C)c2cc4ccc(C)cc4cc2n3C)c(C)c1.[2H]C([2H])([2H])c1ccc(-c2cc3c(c[n+]2C)c2cc4cc(C([2H])([2H])[2H])ccc4cc2n3C)c(C)c1.[2H]C([2H])([2H])c1ccc(-c2cc3c(c[n+]2C)c2cc4ccc(C)cc4cc2n3C)c(C)c1. The van der Waals surface area contributed by atoms with E-state index in [4.69, 9.17) is 12.3 Å². The first-order valence-electron chi connectivity index (χ1n) is 33.2. The number of hydrogen-bond donors (Lipinski definition) is 0. The van der Waals surface area contributed by atoms with Crippen molar-refractivity contribution >= 4 is 97.7 Å². The normalized spacial score (nSPS) is 13.8. The Hall–Kier alpha value is -9.39. The maximum Gasteiger partial charge on any atom is 0.214 e. The molecule has 15 aromatic rings. The van der Waals surface area contributed by atoms with Gasteiger partial charge in [-0.25, -0.2) is 13.7 Å². The molecule has 0 aliphatic carbocycles. The van der Waals surface area contributed by atoms with Crippen LogP contribution in [0.15, 0.2) is 182 Å². The summed E-state index contributed by atoms with van der Waals surface area (Å²) in [6.45, 7) is 6.17. The lowest BCUT2D eigenvalue weighted by atomic mass is 10.0. The third-order valence-electron chi connectivity index (χ3n) is 17.6. The van der Waals surface area contributed by atoms with Crippen molar-refractivity contribution in [1.29, 1.82) is 0 Å². The number of aromatic nitrogens is 6. The highest BCUT2D eigenvalue weighted by atomic mass is 15.0. The quantitative estimate of drug-likeness (QED) is 0.158. The average molecular weight is 1110 g/mol. The molecule has 6 aromatic heterocycles. The van der Waals surface area contributed by atoms with Crippen LogP contribution >= 0.6 is 0 Å². The lowest BCUT2D eigenvalue weighted by molar-refractivity contribution is -0.659. The summed E-state index contributed by atoms with van der Waals surface area (Å²) in [6.07, 6.45) is 6.56. The molecule has 15 rings (SSSR count). The predicted molar refractivity (Wildman–Crippen MR) is 356 cm³/mol. The van der Waals surface area contributed by atoms with Crippen molar-refractivity contribution in [3.63, 3.8) is 0 Å². The molecule has 0 amide bonds. The standard InChI is InChI=1S/3C26H25N2/c1-16-7-9-21(18(3)10-16)24-14-26-23(15-27(24)4)22-12-20-11-17(2)6-8-19(20)13-25(22)28(26)5;2*1-16-7-9-21(18(3)10-16)24-14-26-23(15-27(24)4)22-12-19-8-6-17(2)11-20(19)13-25(22)28(26)5/h3*6-15H,1-5H3/q3*+1/i1D3,2D3;1D3;. The Morgan fingerprint density at radius 1 is 0.274 bits per heavy atom. The van der Waals surface area contributed by atoms with E-state index < -0.39 is 20.6 Å². The van der Waals surface area contributed by atoms with Gasteiger partial charge in [0.2, 0.25) is 17.1 Å². The number of fused-ring (bicyclic) bond motifs is 12. The number of rotatable bonds is 3. The van der Waals surface area contributed by atoms with Gasteiger partial charge in [0.1, 0.15) is 21.1 Å². The fourth-order valence-electron chi connectivity index (χ4n) is 13.1. The van der Waals surface area contributed by atoms with Gasteiger partial charge >= 0.3 is 0 Å². The Labute approximate surface area is 506 Å². The number of aryl methyl sites for hydroxylation is 15. The molecule has 84 heavy (non-hydrogen) atoms. The molecule has 0 fully saturated rings. The number of pyridine rings is 3. The van der Waals surface area contributed by atoms with Crippen molar-refractivity contribution in [3.8, 4) is 33.8 Å². The van der Waals surface area contributed by atoms with Gasteiger partial charge in [-0.3, -0.25) is 0 Å². The van der Waals surface area contributed by atoms with Gasteiger partial charge in [0.15, 0.2) is 18.6 Å². The van der Waals surface area contributed by atoms with Crippen LogP contribution in [0.5, 0.6) is 0 Å². The Morgan fingerprint density at radius 2 is 0.536 bits per heavy atom. The summed E-state index contributed by atoms with van der Waals surface area (Å²) in [5.41, 5.74) is 21.8. The first-order valence-corrected chi connectivity index (χ1v) is 28.7. The van der Waals surface area contributed by atoms with Gasteiger partial charge in [-0.15, -0.1) is 0 Å². The van der Waals surface area contributed by atoms with Crippen LogP contribution in [-0.2, 0) is 42.3 Å². The molecule has 9 aromatic carbocycles. The zero-order valence-corrected chi connectivity index (χ0v) is 50.0. The number of nitrogens with zero attached hydrogens (tertiary/aromatic N) is 6. The van der Waals surface area contributed by atoms with Crippen LogP contribution in [0, 0.1) is 62.1 Å². The third kappa shape index (κ3) is 9.25. The summed E-state index contributed by atoms with van der Waals surface area (Å²) in [5.74, 6) is 0. The maximum atomic E-state index is 7.74. The fraction of sp³-hybridized carbons (Fsp3) is 0.192. The van der Waals surface area contributed by atoms with E-state index in [2.05, 4.69) is 211 Å². The second kappa shape index (κ2) is 20.5. The Kier molecular flexibility index (Phi) is 10.8. The van der Waals surface area contributed by atoms with Crippen LogP contribution in [-0.4, -0.2) is 13.7 Å². The largest absolute Gasteiger partial charge is 0.343 e. The van der Waals surface area contributed by atoms with E-state index in [0.29, 0.717) is 16.7 Å². The average Bonchev–Trinajstić information content (AvgIpc) is 1.61. The Balaban J connectivity index is 0.000000128. The fourth-order valence-corrected chi connectivity index (χ4v) is 13.1. The lowest BCUT2D eigenvalue weighted by Gasteiger charge is -2.06. The van der Waals surface area contributed by atoms with Gasteiger partial charge in [-0.2, -0.15) is 0 Å². The van der Waals surface area contributed by atoms with Crippen LogP contribution in [0.2, 0.25) is 0 Å². The molecule has 0 spiro atoms. The zero-order chi connectivity index (χ0) is 66.2. The molecular weight excluding hydrogens is 1020 g/mol. The molecule has 0 N–H and O–H groups in total. The van der Waals surface area contributed by atoms with Crippen LogP contribution < -0.4 is 13.7 Å². The second-order valence-electron chi connectivity index (χ2n) is 23.6. The van der Waals surface area contributed by atoms with E-state index in [9.17, 15) is 0 Å². The topological polar surface area (TPSA) is 26.4 Å². The molecular formula is C78H75N6+3. The monoisotopic (exact) mass is 1100 g/mol. The minimum atomic E-state index is -2.14. The molecule has 0 unspecified atom stereocenters. The molecule has 6 heteroatoms. The second-order valence-corrected chi connectivity index (χ2v) is 23.6. The van der Waals surface area contributed by atoms with Gasteiger partial charge < -0.3 is 13.7 Å². The number of benzene rings is 9. The molecule has 414 valence electrons. The van der Waals surface area contributed by atoms with E-state index in [1.165, 1.54) is 93.2 Å². The summed E-state index contributed by atoms with van der Waals surface area (Å²) < 4.78 is 82.5. The van der Waals surface area contributed by atoms with Crippen molar-refractivity contribution < 1.29 is 26.0 Å². The van der Waals surface area contributed by atoms with E-state index in [1.807, 2.05) is 46.1 Å². The van der Waals surface area contributed by atoms with Gasteiger partial charge in [0.05, 0.1) is 32.7 Å². The molecule has 0 aliphatic heterocycles. The highest BCUT2D eigenvalue weighted by Crippen LogP contribution is 2.37. The highest BCUT2D eigenvalue weighted by molar-refractivity contribution is 6.15. The molecule has 0 radical (unpaired) electrons. The molecule has 6 heterocycles. The molecule has 6 nitrogen and oxygen atoms in total. The number of hydrogen-bond acceptors (Lipinski definition) is 0. The highest BCUT2D eigenvalue weighted by Gasteiger charge is 2.23. The predicted octanol–water partition coefficient (Wildman–Crippen LogP) is 17.7. The van der Waals surface area contributed by atoms with E-state index in [0.717, 1.165) is 71.7 Å². The lowest BCUT2D eigenvalue weighted by Crippen LogP contribution is -2.30. The Morgan fingerprint density at radius 3 is 0.917 bits per heavy atom. The first-order chi connectivity index (χ1) is 43.9. The smallest absolute Gasteiger partial charge is 0.214 e. The van der Waals surface area contributed by atoms with Gasteiger partial charge in [-0.1, -0.05) is 124 Å². The summed E-state index contributed by atoms with van der Waals surface area (Å²) in [5, 5.41) is 14.2. The van der Waals surface area contributed by atoms with E-state index in [1.54, 1.807) is 36.4 Å². The first kappa shape index (κ1) is 44.2. The van der Waals surface area contributed by atoms with Crippen molar-refractivity contribution in [2.45, 2.75) is 62.1 Å². The van der Waals surface area contributed by atoms with Crippen LogP contribution in [0.1, 0.15) is 62.4 Å². The van der Waals surface area contributed by atoms with Crippen molar-refractivity contribution in [2.24, 2.45) is 42.3 Å². The minimum absolute atomic E-state index is 0.336. The van der Waals surface area contributed by atoms with E-state index >= 15 is 0 Å². The molecule has 0 saturated carbocycles. The molecule has 0 aliphatic rings. The molecule has 0 bridgehead atoms. The maximum absolute atomic E-state index is 7.74. The minimum Gasteiger partial charge on any atom is -0.343 e. The van der Waals surface area contributed by atoms with Crippen LogP contribution in [0.4, 0.5) is 0 Å². The Bertz CT molecular complexity index is 5620.